The van der Waals surface area contributed by atoms with E-state index in [1.165, 1.54) is 0 Å². The van der Waals surface area contributed by atoms with E-state index < -0.39 is 0 Å². The number of urea groups is 1. The van der Waals surface area contributed by atoms with Gasteiger partial charge in [0, 0.05) is 36.8 Å². The van der Waals surface area contributed by atoms with Crippen LogP contribution in [0.25, 0.3) is 0 Å². The molecule has 1 fully saturated rings. The number of rotatable bonds is 5. The maximum atomic E-state index is 12.2. The average molecular weight is 319 g/mol. The fourth-order valence-electron chi connectivity index (χ4n) is 2.15. The molecule has 1 aliphatic heterocycles. The number of thioether (sulfide) groups is 1. The SMILES string of the molecule is C=CCNC(=O)Nc1ccc(CC(=O)N2CCSCC2)cc1. The van der Waals surface area contributed by atoms with Gasteiger partial charge in [0.2, 0.25) is 5.91 Å². The van der Waals surface area contributed by atoms with Gasteiger partial charge in [0.1, 0.15) is 0 Å². The summed E-state index contributed by atoms with van der Waals surface area (Å²) in [5.41, 5.74) is 1.66. The highest BCUT2D eigenvalue weighted by atomic mass is 32.2. The molecule has 0 aliphatic carbocycles. The lowest BCUT2D eigenvalue weighted by atomic mass is 10.1. The number of amides is 3. The van der Waals surface area contributed by atoms with Gasteiger partial charge >= 0.3 is 6.03 Å². The first kappa shape index (κ1) is 16.4. The molecule has 22 heavy (non-hydrogen) atoms. The van der Waals surface area contributed by atoms with Crippen molar-refractivity contribution in [3.05, 3.63) is 42.5 Å². The summed E-state index contributed by atoms with van der Waals surface area (Å²) in [6.07, 6.45) is 2.03. The van der Waals surface area contributed by atoms with Crippen LogP contribution >= 0.6 is 11.8 Å². The molecule has 2 N–H and O–H groups in total. The average Bonchev–Trinajstić information content (AvgIpc) is 2.55. The molecule has 0 spiro atoms. The summed E-state index contributed by atoms with van der Waals surface area (Å²) in [6.45, 7) is 5.64. The fraction of sp³-hybridized carbons (Fsp3) is 0.375. The fourth-order valence-corrected chi connectivity index (χ4v) is 3.05. The highest BCUT2D eigenvalue weighted by Gasteiger charge is 2.16. The minimum absolute atomic E-state index is 0.171. The molecule has 1 aromatic carbocycles. The van der Waals surface area contributed by atoms with Crippen LogP contribution < -0.4 is 10.6 Å². The maximum Gasteiger partial charge on any atom is 0.319 e. The Kier molecular flexibility index (Phi) is 6.33. The molecule has 1 aromatic rings. The van der Waals surface area contributed by atoms with E-state index in [9.17, 15) is 9.59 Å². The topological polar surface area (TPSA) is 61.4 Å². The Hall–Kier alpha value is -1.95. The molecule has 1 saturated heterocycles. The molecule has 6 heteroatoms. The zero-order valence-corrected chi connectivity index (χ0v) is 13.3. The molecule has 1 aliphatic rings. The van der Waals surface area contributed by atoms with Crippen LogP contribution in [0.15, 0.2) is 36.9 Å². The molecule has 3 amide bonds. The predicted octanol–water partition coefficient (Wildman–Crippen LogP) is 2.11. The van der Waals surface area contributed by atoms with Crippen LogP contribution in [0.5, 0.6) is 0 Å². The Bertz CT molecular complexity index is 525. The standard InChI is InChI=1S/C16H21N3O2S/c1-2-7-17-16(21)18-14-5-3-13(4-6-14)12-15(20)19-8-10-22-11-9-19/h2-6H,1,7-12H2,(H2,17,18,21). The Morgan fingerprint density at radius 1 is 1.23 bits per heavy atom. The van der Waals surface area contributed by atoms with E-state index in [0.717, 1.165) is 30.2 Å². The summed E-state index contributed by atoms with van der Waals surface area (Å²) in [5, 5.41) is 5.36. The van der Waals surface area contributed by atoms with Gasteiger partial charge in [0.15, 0.2) is 0 Å². The van der Waals surface area contributed by atoms with Gasteiger partial charge in [-0.15, -0.1) is 6.58 Å². The normalized spacial score (nSPS) is 14.3. The Balaban J connectivity index is 1.84. The number of anilines is 1. The summed E-state index contributed by atoms with van der Waals surface area (Å²) in [6, 6.07) is 7.10. The van der Waals surface area contributed by atoms with Gasteiger partial charge in [-0.1, -0.05) is 18.2 Å². The lowest BCUT2D eigenvalue weighted by Gasteiger charge is -2.26. The van der Waals surface area contributed by atoms with Gasteiger partial charge < -0.3 is 15.5 Å². The molecule has 0 aromatic heterocycles. The van der Waals surface area contributed by atoms with Crippen LogP contribution in [-0.2, 0) is 11.2 Å². The van der Waals surface area contributed by atoms with Crippen LogP contribution in [0.1, 0.15) is 5.56 Å². The van der Waals surface area contributed by atoms with Crippen molar-refractivity contribution < 1.29 is 9.59 Å². The first-order chi connectivity index (χ1) is 10.7. The van der Waals surface area contributed by atoms with E-state index in [1.807, 2.05) is 40.9 Å². The Morgan fingerprint density at radius 2 is 1.91 bits per heavy atom. The Morgan fingerprint density at radius 3 is 2.55 bits per heavy atom. The lowest BCUT2D eigenvalue weighted by molar-refractivity contribution is -0.130. The second-order valence-electron chi connectivity index (χ2n) is 4.99. The largest absolute Gasteiger partial charge is 0.341 e. The second kappa shape index (κ2) is 8.48. The van der Waals surface area contributed by atoms with Crippen molar-refractivity contribution in [3.8, 4) is 0 Å². The zero-order valence-electron chi connectivity index (χ0n) is 12.5. The lowest BCUT2D eigenvalue weighted by Crippen LogP contribution is -2.38. The monoisotopic (exact) mass is 319 g/mol. The van der Waals surface area contributed by atoms with Gasteiger partial charge in [-0.25, -0.2) is 4.79 Å². The van der Waals surface area contributed by atoms with Crippen LogP contribution in [0.3, 0.4) is 0 Å². The third-order valence-electron chi connectivity index (χ3n) is 3.34. The number of carbonyl (C=O) groups excluding carboxylic acids is 2. The second-order valence-corrected chi connectivity index (χ2v) is 6.22. The first-order valence-electron chi connectivity index (χ1n) is 7.29. The van der Waals surface area contributed by atoms with Crippen LogP contribution in [0, 0.1) is 0 Å². The zero-order chi connectivity index (χ0) is 15.8. The summed E-state index contributed by atoms with van der Waals surface area (Å²) in [4.78, 5) is 25.6. The molecule has 0 unspecified atom stereocenters. The van der Waals surface area contributed by atoms with Crippen LogP contribution in [0.2, 0.25) is 0 Å². The van der Waals surface area contributed by atoms with Gasteiger partial charge in [-0.3, -0.25) is 4.79 Å². The minimum Gasteiger partial charge on any atom is -0.341 e. The van der Waals surface area contributed by atoms with Gasteiger partial charge in [0.05, 0.1) is 6.42 Å². The van der Waals surface area contributed by atoms with Crippen LogP contribution in [-0.4, -0.2) is 48.0 Å². The summed E-state index contributed by atoms with van der Waals surface area (Å²) in [7, 11) is 0. The molecule has 0 saturated carbocycles. The molecular formula is C16H21N3O2S. The van der Waals surface area contributed by atoms with Crippen LogP contribution in [0.4, 0.5) is 10.5 Å². The third-order valence-corrected chi connectivity index (χ3v) is 4.28. The summed E-state index contributed by atoms with van der Waals surface area (Å²) in [5.74, 6) is 2.22. The number of nitrogens with one attached hydrogen (secondary N) is 2. The maximum absolute atomic E-state index is 12.2. The molecule has 5 nitrogen and oxygen atoms in total. The highest BCUT2D eigenvalue weighted by Crippen LogP contribution is 2.13. The smallest absolute Gasteiger partial charge is 0.319 e. The van der Waals surface area contributed by atoms with E-state index in [4.69, 9.17) is 0 Å². The number of hydrogen-bond donors (Lipinski definition) is 2. The molecule has 1 heterocycles. The van der Waals surface area contributed by atoms with Gasteiger partial charge in [0.25, 0.3) is 0 Å². The third kappa shape index (κ3) is 5.11. The number of benzene rings is 1. The molecule has 2 rings (SSSR count). The predicted molar refractivity (Wildman–Crippen MR) is 91.3 cm³/mol. The Labute approximate surface area is 135 Å². The molecule has 118 valence electrons. The molecule has 0 radical (unpaired) electrons. The molecule has 0 atom stereocenters. The molecule has 0 bridgehead atoms. The molecular weight excluding hydrogens is 298 g/mol. The van der Waals surface area contributed by atoms with E-state index >= 15 is 0 Å². The van der Waals surface area contributed by atoms with Crippen molar-refractivity contribution in [1.29, 1.82) is 0 Å². The van der Waals surface area contributed by atoms with Crippen molar-refractivity contribution in [2.24, 2.45) is 0 Å². The highest BCUT2D eigenvalue weighted by molar-refractivity contribution is 7.99. The number of carbonyl (C=O) groups is 2. The van der Waals surface area contributed by atoms with Gasteiger partial charge in [-0.2, -0.15) is 11.8 Å². The van der Waals surface area contributed by atoms with Gasteiger partial charge in [-0.05, 0) is 17.7 Å². The van der Waals surface area contributed by atoms with E-state index in [1.54, 1.807) is 6.08 Å². The van der Waals surface area contributed by atoms with Crippen molar-refractivity contribution in [2.45, 2.75) is 6.42 Å². The van der Waals surface area contributed by atoms with E-state index in [-0.39, 0.29) is 11.9 Å². The summed E-state index contributed by atoms with van der Waals surface area (Å²) < 4.78 is 0. The number of nitrogens with zero attached hydrogens (tertiary/aromatic N) is 1. The summed E-state index contributed by atoms with van der Waals surface area (Å²) >= 11 is 1.89. The van der Waals surface area contributed by atoms with Crippen molar-refractivity contribution in [1.82, 2.24) is 10.2 Å². The first-order valence-corrected chi connectivity index (χ1v) is 8.44. The number of hydrogen-bond acceptors (Lipinski definition) is 3. The van der Waals surface area contributed by atoms with Crippen molar-refractivity contribution in [2.75, 3.05) is 36.5 Å². The van der Waals surface area contributed by atoms with E-state index in [0.29, 0.717) is 18.7 Å². The van der Waals surface area contributed by atoms with Crippen molar-refractivity contribution >= 4 is 29.4 Å². The van der Waals surface area contributed by atoms with Crippen molar-refractivity contribution in [3.63, 3.8) is 0 Å². The minimum atomic E-state index is -0.269. The quantitative estimate of drug-likeness (QED) is 0.817. The van der Waals surface area contributed by atoms with E-state index in [2.05, 4.69) is 17.2 Å².